The fourth-order valence-electron chi connectivity index (χ4n) is 4.97. The van der Waals surface area contributed by atoms with Crippen molar-refractivity contribution in [2.75, 3.05) is 46.5 Å². The van der Waals surface area contributed by atoms with Crippen molar-refractivity contribution in [2.24, 2.45) is 0 Å². The van der Waals surface area contributed by atoms with Gasteiger partial charge in [-0.15, -0.1) is 0 Å². The highest BCUT2D eigenvalue weighted by Gasteiger charge is 2.44. The van der Waals surface area contributed by atoms with Crippen molar-refractivity contribution in [3.63, 3.8) is 0 Å². The summed E-state index contributed by atoms with van der Waals surface area (Å²) in [7, 11) is 1.49. The van der Waals surface area contributed by atoms with E-state index in [0.717, 1.165) is 13.1 Å². The molecule has 1 atom stereocenters. The number of amides is 1. The van der Waals surface area contributed by atoms with Crippen molar-refractivity contribution in [2.45, 2.75) is 12.5 Å². The van der Waals surface area contributed by atoms with Crippen LogP contribution in [-0.2, 0) is 9.53 Å². The van der Waals surface area contributed by atoms with Crippen LogP contribution in [0.3, 0.4) is 0 Å². The lowest BCUT2D eigenvalue weighted by Crippen LogP contribution is -2.39. The van der Waals surface area contributed by atoms with E-state index in [9.17, 15) is 24.8 Å². The molecule has 2 aliphatic rings. The van der Waals surface area contributed by atoms with Crippen molar-refractivity contribution in [1.29, 1.82) is 0 Å². The number of ketones is 1. The summed E-state index contributed by atoms with van der Waals surface area (Å²) >= 11 is 0. The molecule has 2 aliphatic heterocycles. The SMILES string of the molecule is COc1cccc2cc(C(=O)C3=C(O)C(=O)N(CCCN4CCOCC4)[C@@H]3c3ccc([N+](=O)[O-])cc3)oc12. The summed E-state index contributed by atoms with van der Waals surface area (Å²) in [6, 6.07) is 11.5. The Kier molecular flexibility index (Phi) is 7.12. The van der Waals surface area contributed by atoms with E-state index in [2.05, 4.69) is 4.90 Å². The van der Waals surface area contributed by atoms with E-state index in [-0.39, 0.29) is 23.6 Å². The van der Waals surface area contributed by atoms with E-state index < -0.39 is 28.4 Å². The molecule has 11 nitrogen and oxygen atoms in total. The molecule has 0 unspecified atom stereocenters. The monoisotopic (exact) mass is 521 g/mol. The molecule has 0 saturated carbocycles. The molecule has 1 fully saturated rings. The maximum absolute atomic E-state index is 13.7. The second kappa shape index (κ2) is 10.6. The maximum Gasteiger partial charge on any atom is 0.290 e. The molecule has 2 aromatic carbocycles. The summed E-state index contributed by atoms with van der Waals surface area (Å²) in [5, 5.41) is 22.7. The molecule has 0 radical (unpaired) electrons. The van der Waals surface area contributed by atoms with Crippen LogP contribution in [0.4, 0.5) is 5.69 Å². The van der Waals surface area contributed by atoms with Gasteiger partial charge in [0, 0.05) is 43.7 Å². The lowest BCUT2D eigenvalue weighted by Gasteiger charge is -2.29. The molecule has 3 heterocycles. The van der Waals surface area contributed by atoms with Crippen molar-refractivity contribution < 1.29 is 33.5 Å². The van der Waals surface area contributed by atoms with Gasteiger partial charge in [-0.05, 0) is 36.2 Å². The van der Waals surface area contributed by atoms with E-state index in [1.54, 1.807) is 24.3 Å². The summed E-state index contributed by atoms with van der Waals surface area (Å²) in [5.41, 5.74) is 0.587. The number of benzene rings is 2. The lowest BCUT2D eigenvalue weighted by molar-refractivity contribution is -0.384. The molecule has 0 aliphatic carbocycles. The van der Waals surface area contributed by atoms with Crippen molar-refractivity contribution in [3.8, 4) is 5.75 Å². The minimum Gasteiger partial charge on any atom is -0.503 e. The Morgan fingerprint density at radius 1 is 1.16 bits per heavy atom. The maximum atomic E-state index is 13.7. The highest BCUT2D eigenvalue weighted by Crippen LogP contribution is 2.40. The predicted octanol–water partition coefficient (Wildman–Crippen LogP) is 3.65. The third kappa shape index (κ3) is 4.73. The number of non-ortho nitro benzene ring substituents is 1. The van der Waals surface area contributed by atoms with Gasteiger partial charge in [-0.25, -0.2) is 0 Å². The van der Waals surface area contributed by atoms with Crippen LogP contribution in [0.15, 0.2) is 64.3 Å². The topological polar surface area (TPSA) is 136 Å². The molecule has 5 rings (SSSR count). The van der Waals surface area contributed by atoms with Crippen molar-refractivity contribution >= 4 is 28.3 Å². The third-order valence-corrected chi connectivity index (χ3v) is 6.90. The normalized spacial score (nSPS) is 18.4. The van der Waals surface area contributed by atoms with Crippen molar-refractivity contribution in [3.05, 3.63) is 81.3 Å². The molecule has 11 heteroatoms. The number of furan rings is 1. The van der Waals surface area contributed by atoms with Gasteiger partial charge < -0.3 is 23.9 Å². The molecule has 0 bridgehead atoms. The number of para-hydroxylation sites is 1. The molecule has 0 spiro atoms. The number of ether oxygens (including phenoxy) is 2. The molecule has 1 N–H and O–H groups in total. The second-order valence-electron chi connectivity index (χ2n) is 9.14. The number of morpholine rings is 1. The number of hydrogen-bond donors (Lipinski definition) is 1. The fraction of sp³-hybridized carbons (Fsp3) is 0.333. The first-order valence-electron chi connectivity index (χ1n) is 12.3. The molecule has 3 aromatic rings. The molecule has 1 saturated heterocycles. The second-order valence-corrected chi connectivity index (χ2v) is 9.14. The number of Topliss-reactive ketones (excluding diaryl/α,β-unsaturated/α-hetero) is 1. The zero-order chi connectivity index (χ0) is 26.8. The number of aliphatic hydroxyl groups excluding tert-OH is 1. The predicted molar refractivity (Wildman–Crippen MR) is 136 cm³/mol. The van der Waals surface area contributed by atoms with Crippen LogP contribution in [0.2, 0.25) is 0 Å². The number of hydrogen-bond acceptors (Lipinski definition) is 9. The molecule has 1 amide bonds. The number of aliphatic hydroxyl groups is 1. The standard InChI is InChI=1S/C27H27N3O8/c1-36-20-5-2-4-18-16-21(38-26(18)20)24(31)22-23(17-6-8-19(9-7-17)30(34)35)29(27(33)25(22)32)11-3-10-28-12-14-37-15-13-28/h2,4-9,16,23,32H,3,10-15H2,1H3/t23-/m1/s1. The number of nitrogens with zero attached hydrogens (tertiary/aromatic N) is 3. The smallest absolute Gasteiger partial charge is 0.290 e. The van der Waals surface area contributed by atoms with Gasteiger partial charge in [-0.1, -0.05) is 12.1 Å². The zero-order valence-corrected chi connectivity index (χ0v) is 20.8. The average Bonchev–Trinajstić information content (AvgIpc) is 3.48. The Morgan fingerprint density at radius 3 is 2.58 bits per heavy atom. The van der Waals surface area contributed by atoms with Gasteiger partial charge in [-0.2, -0.15) is 0 Å². The largest absolute Gasteiger partial charge is 0.503 e. The molecule has 1 aromatic heterocycles. The molecule has 38 heavy (non-hydrogen) atoms. The van der Waals surface area contributed by atoms with Crippen molar-refractivity contribution in [1.82, 2.24) is 9.80 Å². The number of rotatable bonds is 9. The van der Waals surface area contributed by atoms with E-state index in [1.165, 1.54) is 36.3 Å². The van der Waals surface area contributed by atoms with Crippen LogP contribution in [0.1, 0.15) is 28.6 Å². The molecular weight excluding hydrogens is 494 g/mol. The average molecular weight is 522 g/mol. The number of carbonyl (C=O) groups excluding carboxylic acids is 2. The van der Waals surface area contributed by atoms with Crippen LogP contribution in [-0.4, -0.2) is 78.0 Å². The summed E-state index contributed by atoms with van der Waals surface area (Å²) < 4.78 is 16.5. The lowest BCUT2D eigenvalue weighted by atomic mass is 9.94. The quantitative estimate of drug-likeness (QED) is 0.254. The molecule has 198 valence electrons. The Labute approximate surface area is 218 Å². The van der Waals surface area contributed by atoms with Gasteiger partial charge in [0.05, 0.1) is 36.9 Å². The Balaban J connectivity index is 1.48. The van der Waals surface area contributed by atoms with E-state index >= 15 is 0 Å². The summed E-state index contributed by atoms with van der Waals surface area (Å²) in [6.07, 6.45) is 0.603. The van der Waals surface area contributed by atoms with Gasteiger partial charge in [0.1, 0.15) is 0 Å². The highest BCUT2D eigenvalue weighted by molar-refractivity contribution is 6.16. The van der Waals surface area contributed by atoms with Gasteiger partial charge in [0.15, 0.2) is 22.9 Å². The number of fused-ring (bicyclic) bond motifs is 1. The van der Waals surface area contributed by atoms with Crippen LogP contribution in [0, 0.1) is 10.1 Å². The Morgan fingerprint density at radius 2 is 1.89 bits per heavy atom. The number of methoxy groups -OCH3 is 1. The van der Waals surface area contributed by atoms with Gasteiger partial charge >= 0.3 is 0 Å². The van der Waals surface area contributed by atoms with E-state index in [0.29, 0.717) is 48.5 Å². The third-order valence-electron chi connectivity index (χ3n) is 6.90. The number of nitro groups is 1. The van der Waals surface area contributed by atoms with Crippen LogP contribution < -0.4 is 4.74 Å². The van der Waals surface area contributed by atoms with Crippen LogP contribution >= 0.6 is 0 Å². The van der Waals surface area contributed by atoms with E-state index in [1.807, 2.05) is 0 Å². The van der Waals surface area contributed by atoms with Gasteiger partial charge in [0.25, 0.3) is 11.6 Å². The van der Waals surface area contributed by atoms with Crippen LogP contribution in [0.25, 0.3) is 11.0 Å². The van der Waals surface area contributed by atoms with Gasteiger partial charge in [0.2, 0.25) is 5.78 Å². The van der Waals surface area contributed by atoms with E-state index in [4.69, 9.17) is 13.9 Å². The first-order chi connectivity index (χ1) is 18.4. The number of nitro benzene ring substituents is 1. The van der Waals surface area contributed by atoms with Gasteiger partial charge in [-0.3, -0.25) is 24.6 Å². The Hall–Kier alpha value is -4.22. The minimum absolute atomic E-state index is 0.0547. The summed E-state index contributed by atoms with van der Waals surface area (Å²) in [5.74, 6) is -1.59. The number of carbonyl (C=O) groups is 2. The Bertz CT molecular complexity index is 1410. The fourth-order valence-corrected chi connectivity index (χ4v) is 4.97. The molecular formula is C27H27N3O8. The summed E-state index contributed by atoms with van der Waals surface area (Å²) in [4.78, 5) is 41.3. The minimum atomic E-state index is -0.935. The summed E-state index contributed by atoms with van der Waals surface area (Å²) in [6.45, 7) is 3.87. The van der Waals surface area contributed by atoms with Crippen LogP contribution in [0.5, 0.6) is 5.75 Å². The zero-order valence-electron chi connectivity index (χ0n) is 20.8. The highest BCUT2D eigenvalue weighted by atomic mass is 16.6. The first kappa shape index (κ1) is 25.4. The first-order valence-corrected chi connectivity index (χ1v) is 12.3.